The number of nitrogens with two attached hydrogens (primary N) is 1. The summed E-state index contributed by atoms with van der Waals surface area (Å²) in [7, 11) is 0. The van der Waals surface area contributed by atoms with Gasteiger partial charge in [0.25, 0.3) is 0 Å². The van der Waals surface area contributed by atoms with E-state index in [2.05, 4.69) is 10.3 Å². The molecule has 0 radical (unpaired) electrons. The van der Waals surface area contributed by atoms with E-state index in [0.29, 0.717) is 18.7 Å². The summed E-state index contributed by atoms with van der Waals surface area (Å²) >= 11 is 0. The van der Waals surface area contributed by atoms with Gasteiger partial charge in [-0.25, -0.2) is 9.07 Å². The maximum Gasteiger partial charge on any atom is 0.148 e. The molecule has 0 spiro atoms. The highest BCUT2D eigenvalue weighted by Gasteiger charge is 2.11. The van der Waals surface area contributed by atoms with Gasteiger partial charge in [-0.2, -0.15) is 0 Å². The lowest BCUT2D eigenvalue weighted by Crippen LogP contribution is -2.05. The molecule has 2 aromatic rings. The average Bonchev–Trinajstić information content (AvgIpc) is 2.62. The predicted octanol–water partition coefficient (Wildman–Crippen LogP) is 1.22. The number of halogens is 1. The van der Waals surface area contributed by atoms with Gasteiger partial charge in [0.1, 0.15) is 11.5 Å². The number of hydrogen-bond donors (Lipinski definition) is 1. The molecule has 1 heterocycles. The summed E-state index contributed by atoms with van der Waals surface area (Å²) in [6.07, 6.45) is 0.653. The maximum absolute atomic E-state index is 13.5. The van der Waals surface area contributed by atoms with Crippen molar-refractivity contribution in [3.8, 4) is 5.69 Å². The number of para-hydroxylation sites is 1. The van der Waals surface area contributed by atoms with Crippen LogP contribution in [0.4, 0.5) is 4.39 Å². The van der Waals surface area contributed by atoms with Crippen molar-refractivity contribution in [2.75, 3.05) is 6.54 Å². The van der Waals surface area contributed by atoms with Gasteiger partial charge in [-0.15, -0.1) is 5.10 Å². The first-order valence-electron chi connectivity index (χ1n) is 5.10. The Morgan fingerprint density at radius 2 is 2.12 bits per heavy atom. The first-order valence-corrected chi connectivity index (χ1v) is 5.10. The van der Waals surface area contributed by atoms with E-state index in [1.54, 1.807) is 18.2 Å². The average molecular weight is 220 g/mol. The van der Waals surface area contributed by atoms with Crippen LogP contribution in [0.1, 0.15) is 11.4 Å². The summed E-state index contributed by atoms with van der Waals surface area (Å²) < 4.78 is 15.0. The lowest BCUT2D eigenvalue weighted by Gasteiger charge is -2.04. The Bertz CT molecular complexity index is 492. The number of aromatic nitrogens is 3. The molecule has 0 aliphatic carbocycles. The molecular weight excluding hydrogens is 207 g/mol. The number of hydrogen-bond acceptors (Lipinski definition) is 3. The summed E-state index contributed by atoms with van der Waals surface area (Å²) in [5, 5.41) is 7.93. The third-order valence-electron chi connectivity index (χ3n) is 2.45. The fourth-order valence-electron chi connectivity index (χ4n) is 1.58. The zero-order valence-electron chi connectivity index (χ0n) is 9.02. The fourth-order valence-corrected chi connectivity index (χ4v) is 1.58. The van der Waals surface area contributed by atoms with Gasteiger partial charge < -0.3 is 5.73 Å². The van der Waals surface area contributed by atoms with E-state index in [1.165, 1.54) is 10.7 Å². The van der Waals surface area contributed by atoms with Crippen LogP contribution in [0.3, 0.4) is 0 Å². The summed E-state index contributed by atoms with van der Waals surface area (Å²) in [5.41, 5.74) is 7.51. The number of benzene rings is 1. The van der Waals surface area contributed by atoms with Gasteiger partial charge in [0, 0.05) is 6.42 Å². The van der Waals surface area contributed by atoms with Crippen molar-refractivity contribution in [1.82, 2.24) is 15.0 Å². The van der Waals surface area contributed by atoms with Crippen LogP contribution in [0.5, 0.6) is 0 Å². The Hall–Kier alpha value is -1.75. The van der Waals surface area contributed by atoms with Crippen LogP contribution < -0.4 is 5.73 Å². The van der Waals surface area contributed by atoms with Crippen LogP contribution in [0.25, 0.3) is 5.69 Å². The van der Waals surface area contributed by atoms with Gasteiger partial charge >= 0.3 is 0 Å². The molecule has 2 N–H and O–H groups in total. The molecule has 0 atom stereocenters. The predicted molar refractivity (Wildman–Crippen MR) is 58.8 cm³/mol. The van der Waals surface area contributed by atoms with Crippen LogP contribution in [0, 0.1) is 12.7 Å². The molecule has 0 fully saturated rings. The molecule has 5 heteroatoms. The minimum absolute atomic E-state index is 0.310. The molecule has 0 saturated carbocycles. The summed E-state index contributed by atoms with van der Waals surface area (Å²) in [6, 6.07) is 6.48. The van der Waals surface area contributed by atoms with Crippen molar-refractivity contribution in [2.24, 2.45) is 5.73 Å². The van der Waals surface area contributed by atoms with E-state index in [0.717, 1.165) is 11.4 Å². The number of rotatable bonds is 3. The van der Waals surface area contributed by atoms with Gasteiger partial charge in [-0.05, 0) is 25.6 Å². The lowest BCUT2D eigenvalue weighted by atomic mass is 10.2. The molecule has 0 unspecified atom stereocenters. The zero-order chi connectivity index (χ0) is 11.5. The Morgan fingerprint density at radius 3 is 2.81 bits per heavy atom. The second kappa shape index (κ2) is 4.40. The maximum atomic E-state index is 13.5. The Morgan fingerprint density at radius 1 is 1.38 bits per heavy atom. The topological polar surface area (TPSA) is 56.7 Å². The third kappa shape index (κ3) is 1.81. The summed E-state index contributed by atoms with van der Waals surface area (Å²) in [5.74, 6) is -0.310. The van der Waals surface area contributed by atoms with Crippen molar-refractivity contribution in [1.29, 1.82) is 0 Å². The fraction of sp³-hybridized carbons (Fsp3) is 0.273. The largest absolute Gasteiger partial charge is 0.330 e. The van der Waals surface area contributed by atoms with E-state index in [9.17, 15) is 4.39 Å². The molecule has 2 rings (SSSR count). The SMILES string of the molecule is Cc1c(CCN)nnn1-c1ccccc1F. The van der Waals surface area contributed by atoms with Crippen molar-refractivity contribution in [3.63, 3.8) is 0 Å². The van der Waals surface area contributed by atoms with E-state index in [-0.39, 0.29) is 5.82 Å². The van der Waals surface area contributed by atoms with E-state index in [4.69, 9.17) is 5.73 Å². The molecule has 4 nitrogen and oxygen atoms in total. The van der Waals surface area contributed by atoms with Gasteiger partial charge in [-0.3, -0.25) is 0 Å². The molecule has 1 aromatic heterocycles. The monoisotopic (exact) mass is 220 g/mol. The van der Waals surface area contributed by atoms with Crippen molar-refractivity contribution in [2.45, 2.75) is 13.3 Å². The van der Waals surface area contributed by atoms with Crippen molar-refractivity contribution < 1.29 is 4.39 Å². The quantitative estimate of drug-likeness (QED) is 0.846. The second-order valence-corrected chi connectivity index (χ2v) is 3.52. The molecule has 0 amide bonds. The summed E-state index contributed by atoms with van der Waals surface area (Å²) in [4.78, 5) is 0. The lowest BCUT2D eigenvalue weighted by molar-refractivity contribution is 0.604. The molecular formula is C11H13FN4. The van der Waals surface area contributed by atoms with Crippen LogP contribution in [-0.4, -0.2) is 21.5 Å². The van der Waals surface area contributed by atoms with Crippen molar-refractivity contribution in [3.05, 3.63) is 41.5 Å². The van der Waals surface area contributed by atoms with Gasteiger partial charge in [0.05, 0.1) is 11.4 Å². The highest BCUT2D eigenvalue weighted by Crippen LogP contribution is 2.15. The van der Waals surface area contributed by atoms with Crippen molar-refractivity contribution >= 4 is 0 Å². The minimum Gasteiger partial charge on any atom is -0.330 e. The van der Waals surface area contributed by atoms with Crippen LogP contribution >= 0.6 is 0 Å². The normalized spacial score (nSPS) is 10.7. The highest BCUT2D eigenvalue weighted by atomic mass is 19.1. The minimum atomic E-state index is -0.310. The Balaban J connectivity index is 2.45. The standard InChI is InChI=1S/C11H13FN4/c1-8-10(6-7-13)14-15-16(8)11-5-3-2-4-9(11)12/h2-5H,6-7,13H2,1H3. The zero-order valence-corrected chi connectivity index (χ0v) is 9.02. The van der Waals surface area contributed by atoms with Gasteiger partial charge in [0.15, 0.2) is 0 Å². The first-order chi connectivity index (χ1) is 7.74. The molecule has 84 valence electrons. The molecule has 0 saturated heterocycles. The Labute approximate surface area is 92.9 Å². The molecule has 1 aromatic carbocycles. The second-order valence-electron chi connectivity index (χ2n) is 3.52. The molecule has 0 bridgehead atoms. The van der Waals surface area contributed by atoms with Crippen LogP contribution in [-0.2, 0) is 6.42 Å². The molecule has 16 heavy (non-hydrogen) atoms. The van der Waals surface area contributed by atoms with E-state index >= 15 is 0 Å². The third-order valence-corrected chi connectivity index (χ3v) is 2.45. The van der Waals surface area contributed by atoms with Crippen LogP contribution in [0.15, 0.2) is 24.3 Å². The van der Waals surface area contributed by atoms with Gasteiger partial charge in [0.2, 0.25) is 0 Å². The Kier molecular flexibility index (Phi) is 2.96. The summed E-state index contributed by atoms with van der Waals surface area (Å²) in [6.45, 7) is 2.37. The number of nitrogens with zero attached hydrogens (tertiary/aromatic N) is 3. The molecule has 0 aliphatic heterocycles. The first kappa shape index (κ1) is 10.8. The smallest absolute Gasteiger partial charge is 0.148 e. The van der Waals surface area contributed by atoms with Crippen LogP contribution in [0.2, 0.25) is 0 Å². The molecule has 0 aliphatic rings. The van der Waals surface area contributed by atoms with E-state index in [1.807, 2.05) is 6.92 Å². The van der Waals surface area contributed by atoms with E-state index < -0.39 is 0 Å². The van der Waals surface area contributed by atoms with Gasteiger partial charge in [-0.1, -0.05) is 17.3 Å². The highest BCUT2D eigenvalue weighted by molar-refractivity contribution is 5.34.